The minimum atomic E-state index is -0.101. The zero-order chi connectivity index (χ0) is 14.7. The highest BCUT2D eigenvalue weighted by Crippen LogP contribution is 2.19. The average molecular weight is 306 g/mol. The maximum Gasteiger partial charge on any atom is 0.0646 e. The maximum atomic E-state index is 9.51. The highest BCUT2D eigenvalue weighted by molar-refractivity contribution is 6.30. The molecule has 1 heterocycles. The van der Waals surface area contributed by atoms with E-state index >= 15 is 0 Å². The van der Waals surface area contributed by atoms with E-state index in [9.17, 15) is 5.11 Å². The van der Waals surface area contributed by atoms with Crippen LogP contribution in [-0.2, 0) is 6.54 Å². The second kappa shape index (κ2) is 6.60. The number of aliphatic hydroxyl groups is 1. The highest BCUT2D eigenvalue weighted by atomic mass is 35.5. The molecule has 21 heavy (non-hydrogen) atoms. The summed E-state index contributed by atoms with van der Waals surface area (Å²) in [5.41, 5.74) is 2.17. The lowest BCUT2D eigenvalue weighted by molar-refractivity contribution is 0.116. The van der Waals surface area contributed by atoms with Gasteiger partial charge in [-0.25, -0.2) is 4.68 Å². The molecule has 2 aromatic rings. The molecular weight excluding hydrogens is 286 g/mol. The van der Waals surface area contributed by atoms with E-state index in [1.165, 1.54) is 0 Å². The third-order valence-electron chi connectivity index (χ3n) is 4.02. The standard InChI is InChI=1S/C16H20ClN3O/c17-13-1-5-15(6-2-13)20-11-12(10-19-20)9-18-14-3-7-16(21)8-4-14/h1-2,5-6,10-11,14,16,18,21H,3-4,7-9H2. The molecule has 0 aliphatic heterocycles. The van der Waals surface area contributed by atoms with E-state index in [0.29, 0.717) is 6.04 Å². The summed E-state index contributed by atoms with van der Waals surface area (Å²) in [7, 11) is 0. The third-order valence-corrected chi connectivity index (χ3v) is 4.27. The number of benzene rings is 1. The fourth-order valence-corrected chi connectivity index (χ4v) is 2.85. The monoisotopic (exact) mass is 305 g/mol. The lowest BCUT2D eigenvalue weighted by Gasteiger charge is -2.26. The SMILES string of the molecule is OC1CCC(NCc2cnn(-c3ccc(Cl)cc3)c2)CC1. The molecule has 0 radical (unpaired) electrons. The Morgan fingerprint density at radius 2 is 1.90 bits per heavy atom. The molecule has 1 aliphatic rings. The molecule has 3 rings (SSSR count). The predicted molar refractivity (Wildman–Crippen MR) is 83.7 cm³/mol. The number of rotatable bonds is 4. The summed E-state index contributed by atoms with van der Waals surface area (Å²) in [5, 5.41) is 18.2. The van der Waals surface area contributed by atoms with E-state index < -0.39 is 0 Å². The van der Waals surface area contributed by atoms with Crippen LogP contribution in [0.3, 0.4) is 0 Å². The number of nitrogens with zero attached hydrogens (tertiary/aromatic N) is 2. The highest BCUT2D eigenvalue weighted by Gasteiger charge is 2.18. The quantitative estimate of drug-likeness (QED) is 0.913. The molecule has 5 heteroatoms. The molecule has 0 amide bonds. The van der Waals surface area contributed by atoms with Gasteiger partial charge < -0.3 is 10.4 Å². The van der Waals surface area contributed by atoms with Gasteiger partial charge in [-0.05, 0) is 49.9 Å². The number of hydrogen-bond donors (Lipinski definition) is 2. The molecule has 112 valence electrons. The van der Waals surface area contributed by atoms with E-state index in [2.05, 4.69) is 10.4 Å². The van der Waals surface area contributed by atoms with E-state index in [1.807, 2.05) is 41.3 Å². The van der Waals surface area contributed by atoms with Gasteiger partial charge in [0, 0.05) is 29.4 Å². The minimum absolute atomic E-state index is 0.101. The molecule has 1 saturated carbocycles. The van der Waals surface area contributed by atoms with Gasteiger partial charge in [0.25, 0.3) is 0 Å². The van der Waals surface area contributed by atoms with Crippen LogP contribution < -0.4 is 5.32 Å². The maximum absolute atomic E-state index is 9.51. The van der Waals surface area contributed by atoms with Crippen molar-refractivity contribution in [3.8, 4) is 5.69 Å². The average Bonchev–Trinajstić information content (AvgIpc) is 2.96. The molecule has 0 saturated heterocycles. The third kappa shape index (κ3) is 3.84. The number of halogens is 1. The van der Waals surface area contributed by atoms with Gasteiger partial charge >= 0.3 is 0 Å². The van der Waals surface area contributed by atoms with Crippen molar-refractivity contribution in [1.82, 2.24) is 15.1 Å². The van der Waals surface area contributed by atoms with Crippen molar-refractivity contribution < 1.29 is 5.11 Å². The summed E-state index contributed by atoms with van der Waals surface area (Å²) in [6.45, 7) is 0.814. The Balaban J connectivity index is 1.56. The Labute approximate surface area is 129 Å². The largest absolute Gasteiger partial charge is 0.393 e. The van der Waals surface area contributed by atoms with Crippen LogP contribution in [0.5, 0.6) is 0 Å². The van der Waals surface area contributed by atoms with Gasteiger partial charge in [0.1, 0.15) is 0 Å². The normalized spacial score (nSPS) is 22.4. The Morgan fingerprint density at radius 1 is 1.19 bits per heavy atom. The first-order valence-electron chi connectivity index (χ1n) is 7.41. The van der Waals surface area contributed by atoms with Gasteiger partial charge in [-0.3, -0.25) is 0 Å². The fourth-order valence-electron chi connectivity index (χ4n) is 2.73. The second-order valence-corrected chi connectivity index (χ2v) is 6.09. The van der Waals surface area contributed by atoms with Crippen molar-refractivity contribution in [2.45, 2.75) is 44.4 Å². The first-order chi connectivity index (χ1) is 10.2. The molecular formula is C16H20ClN3O. The van der Waals surface area contributed by atoms with Crippen LogP contribution >= 0.6 is 11.6 Å². The van der Waals surface area contributed by atoms with Gasteiger partial charge in [0.15, 0.2) is 0 Å². The van der Waals surface area contributed by atoms with Gasteiger partial charge in [-0.1, -0.05) is 11.6 Å². The van der Waals surface area contributed by atoms with Crippen LogP contribution in [-0.4, -0.2) is 27.0 Å². The lowest BCUT2D eigenvalue weighted by atomic mass is 9.93. The van der Waals surface area contributed by atoms with Crippen LogP contribution in [0.2, 0.25) is 5.02 Å². The lowest BCUT2D eigenvalue weighted by Crippen LogP contribution is -2.34. The summed E-state index contributed by atoms with van der Waals surface area (Å²) >= 11 is 5.89. The molecule has 1 fully saturated rings. The Bertz CT molecular complexity index is 573. The van der Waals surface area contributed by atoms with Gasteiger partial charge in [-0.2, -0.15) is 5.10 Å². The minimum Gasteiger partial charge on any atom is -0.393 e. The van der Waals surface area contributed by atoms with Crippen molar-refractivity contribution >= 4 is 11.6 Å². The molecule has 0 spiro atoms. The van der Waals surface area contributed by atoms with Crippen molar-refractivity contribution in [2.24, 2.45) is 0 Å². The Morgan fingerprint density at radius 3 is 2.62 bits per heavy atom. The molecule has 0 atom stereocenters. The van der Waals surface area contributed by atoms with Crippen molar-refractivity contribution in [3.05, 3.63) is 47.2 Å². The second-order valence-electron chi connectivity index (χ2n) is 5.66. The van der Waals surface area contributed by atoms with Crippen LogP contribution in [0, 0.1) is 0 Å². The Kier molecular flexibility index (Phi) is 4.58. The first-order valence-corrected chi connectivity index (χ1v) is 7.79. The van der Waals surface area contributed by atoms with E-state index in [0.717, 1.165) is 48.5 Å². The molecule has 1 aromatic heterocycles. The van der Waals surface area contributed by atoms with Gasteiger partial charge in [-0.15, -0.1) is 0 Å². The summed E-state index contributed by atoms with van der Waals surface area (Å²) in [5.74, 6) is 0. The van der Waals surface area contributed by atoms with Crippen molar-refractivity contribution in [3.63, 3.8) is 0 Å². The van der Waals surface area contributed by atoms with E-state index in [-0.39, 0.29) is 6.10 Å². The number of aromatic nitrogens is 2. The van der Waals surface area contributed by atoms with E-state index in [1.54, 1.807) is 0 Å². The van der Waals surface area contributed by atoms with Crippen LogP contribution in [0.25, 0.3) is 5.69 Å². The van der Waals surface area contributed by atoms with Crippen molar-refractivity contribution in [2.75, 3.05) is 0 Å². The molecule has 4 nitrogen and oxygen atoms in total. The number of nitrogens with one attached hydrogen (secondary N) is 1. The first kappa shape index (κ1) is 14.6. The van der Waals surface area contributed by atoms with Crippen molar-refractivity contribution in [1.29, 1.82) is 0 Å². The zero-order valence-electron chi connectivity index (χ0n) is 11.9. The summed E-state index contributed by atoms with van der Waals surface area (Å²) in [6.07, 6.45) is 7.73. The van der Waals surface area contributed by atoms with Crippen LogP contribution in [0.15, 0.2) is 36.7 Å². The van der Waals surface area contributed by atoms with Gasteiger partial charge in [0.2, 0.25) is 0 Å². The predicted octanol–water partition coefficient (Wildman–Crippen LogP) is 2.92. The Hall–Kier alpha value is -1.36. The number of hydrogen-bond acceptors (Lipinski definition) is 3. The summed E-state index contributed by atoms with van der Waals surface area (Å²) < 4.78 is 1.86. The summed E-state index contributed by atoms with van der Waals surface area (Å²) in [4.78, 5) is 0. The van der Waals surface area contributed by atoms with Crippen LogP contribution in [0.1, 0.15) is 31.2 Å². The molecule has 0 bridgehead atoms. The molecule has 1 aliphatic carbocycles. The number of aliphatic hydroxyl groups excluding tert-OH is 1. The fraction of sp³-hybridized carbons (Fsp3) is 0.438. The molecule has 2 N–H and O–H groups in total. The van der Waals surface area contributed by atoms with Gasteiger partial charge in [0.05, 0.1) is 18.0 Å². The van der Waals surface area contributed by atoms with E-state index in [4.69, 9.17) is 11.6 Å². The topological polar surface area (TPSA) is 50.1 Å². The zero-order valence-corrected chi connectivity index (χ0v) is 12.6. The smallest absolute Gasteiger partial charge is 0.0646 e. The van der Waals surface area contributed by atoms with Crippen LogP contribution in [0.4, 0.5) is 0 Å². The molecule has 0 unspecified atom stereocenters. The molecule has 1 aromatic carbocycles. The summed E-state index contributed by atoms with van der Waals surface area (Å²) in [6, 6.07) is 8.14.